The smallest absolute Gasteiger partial charge is 0.350 e. The second kappa shape index (κ2) is 10.3. The molecule has 0 saturated carbocycles. The Morgan fingerprint density at radius 2 is 1.73 bits per heavy atom. The molecule has 5 rings (SSSR count). The molecule has 4 aromatic rings. The van der Waals surface area contributed by atoms with Gasteiger partial charge >= 0.3 is 11.9 Å². The maximum atomic E-state index is 13.9. The highest BCUT2D eigenvalue weighted by Gasteiger charge is 2.47. The van der Waals surface area contributed by atoms with E-state index in [1.807, 2.05) is 0 Å². The number of aliphatic hydroxyl groups is 1. The van der Waals surface area contributed by atoms with Crippen molar-refractivity contribution in [2.45, 2.75) is 13.0 Å². The van der Waals surface area contributed by atoms with Crippen molar-refractivity contribution in [2.75, 3.05) is 26.2 Å². The lowest BCUT2D eigenvalue weighted by molar-refractivity contribution is -0.117. The number of furan rings is 1. The maximum absolute atomic E-state index is 13.9. The Kier molecular flexibility index (Phi) is 6.86. The molecule has 204 valence electrons. The molecule has 0 saturated heterocycles. The van der Waals surface area contributed by atoms with Crippen molar-refractivity contribution in [2.24, 2.45) is 0 Å². The number of aryl methyl sites for hydroxylation is 1. The first kappa shape index (κ1) is 26.6. The van der Waals surface area contributed by atoms with Gasteiger partial charge in [-0.2, -0.15) is 0 Å². The molecule has 1 amide bonds. The third kappa shape index (κ3) is 4.28. The van der Waals surface area contributed by atoms with Crippen molar-refractivity contribution in [1.29, 1.82) is 0 Å². The number of amides is 1. The minimum Gasteiger partial charge on any atom is -0.503 e. The first-order valence-electron chi connectivity index (χ1n) is 11.8. The summed E-state index contributed by atoms with van der Waals surface area (Å²) >= 11 is 0.880. The van der Waals surface area contributed by atoms with Gasteiger partial charge in [-0.05, 0) is 36.8 Å². The Morgan fingerprint density at radius 3 is 2.38 bits per heavy atom. The van der Waals surface area contributed by atoms with Crippen molar-refractivity contribution in [3.8, 4) is 5.75 Å². The Morgan fingerprint density at radius 1 is 1.02 bits per heavy atom. The third-order valence-corrected chi connectivity index (χ3v) is 7.55. The van der Waals surface area contributed by atoms with Gasteiger partial charge in [-0.25, -0.2) is 14.6 Å². The number of carbonyl (C=O) groups is 4. The lowest BCUT2D eigenvalue weighted by Gasteiger charge is -2.24. The van der Waals surface area contributed by atoms with Gasteiger partial charge < -0.3 is 23.7 Å². The predicted molar refractivity (Wildman–Crippen MR) is 143 cm³/mol. The molecule has 0 radical (unpaired) electrons. The zero-order chi connectivity index (χ0) is 28.7. The normalized spacial score (nSPS) is 15.1. The van der Waals surface area contributed by atoms with Gasteiger partial charge in [0, 0.05) is 5.39 Å². The van der Waals surface area contributed by atoms with Crippen LogP contribution >= 0.6 is 11.3 Å². The van der Waals surface area contributed by atoms with Crippen LogP contribution in [0, 0.1) is 6.92 Å². The number of carbonyl (C=O) groups excluding carboxylic acids is 4. The summed E-state index contributed by atoms with van der Waals surface area (Å²) in [5, 5.41) is 11.7. The van der Waals surface area contributed by atoms with Gasteiger partial charge in [-0.15, -0.1) is 0 Å². The fourth-order valence-corrected chi connectivity index (χ4v) is 5.49. The highest BCUT2D eigenvalue weighted by atomic mass is 32.1. The van der Waals surface area contributed by atoms with Crippen LogP contribution in [-0.4, -0.2) is 55.0 Å². The lowest BCUT2D eigenvalue weighted by Crippen LogP contribution is -2.31. The number of methoxy groups -OCH3 is 3. The van der Waals surface area contributed by atoms with E-state index in [9.17, 15) is 24.3 Å². The largest absolute Gasteiger partial charge is 0.503 e. The van der Waals surface area contributed by atoms with Crippen LogP contribution < -0.4 is 9.64 Å². The Balaban J connectivity index is 1.65. The molecule has 40 heavy (non-hydrogen) atoms. The number of aromatic nitrogens is 1. The van der Waals surface area contributed by atoms with Gasteiger partial charge in [0.2, 0.25) is 5.78 Å². The summed E-state index contributed by atoms with van der Waals surface area (Å²) < 4.78 is 20.7. The van der Waals surface area contributed by atoms with E-state index in [0.717, 1.165) is 16.2 Å². The molecule has 0 fully saturated rings. The van der Waals surface area contributed by atoms with Crippen LogP contribution in [-0.2, 0) is 14.3 Å². The minimum atomic E-state index is -1.17. The molecular formula is C28H22N2O9S. The second-order valence-electron chi connectivity index (χ2n) is 8.67. The number of esters is 2. The fourth-order valence-electron chi connectivity index (χ4n) is 4.48. The highest BCUT2D eigenvalue weighted by Crippen LogP contribution is 2.44. The van der Waals surface area contributed by atoms with Gasteiger partial charge in [-0.1, -0.05) is 35.6 Å². The standard InChI is InChI=1S/C28H22N2O9S/c1-13-24(27(35)38-4)40-28(29-13)30-20(14-8-10-15(11-9-14)26(34)37-3)19(22(32)25(30)33)21(31)18-12-16-6-5-7-17(36-2)23(16)39-18/h5-12,20,32H,1-4H3. The Hall–Kier alpha value is -4.97. The van der Waals surface area contributed by atoms with Gasteiger partial charge in [-0.3, -0.25) is 14.5 Å². The monoisotopic (exact) mass is 562 g/mol. The highest BCUT2D eigenvalue weighted by molar-refractivity contribution is 7.17. The number of thiazole rings is 1. The number of Topliss-reactive ketones (excluding diaryl/α,β-unsaturated/α-hetero) is 1. The van der Waals surface area contributed by atoms with E-state index < -0.39 is 35.4 Å². The van der Waals surface area contributed by atoms with Gasteiger partial charge in [0.25, 0.3) is 5.91 Å². The van der Waals surface area contributed by atoms with E-state index >= 15 is 0 Å². The predicted octanol–water partition coefficient (Wildman–Crippen LogP) is 4.56. The minimum absolute atomic E-state index is 0.0607. The van der Waals surface area contributed by atoms with Crippen LogP contribution in [0.5, 0.6) is 5.75 Å². The average molecular weight is 563 g/mol. The third-order valence-electron chi connectivity index (χ3n) is 6.41. The van der Waals surface area contributed by atoms with Crippen LogP contribution in [0.1, 0.15) is 47.9 Å². The number of fused-ring (bicyclic) bond motifs is 1. The molecular weight excluding hydrogens is 540 g/mol. The molecule has 12 heteroatoms. The Bertz CT molecular complexity index is 1720. The second-order valence-corrected chi connectivity index (χ2v) is 9.65. The number of hydrogen-bond donors (Lipinski definition) is 1. The van der Waals surface area contributed by atoms with E-state index in [0.29, 0.717) is 28.0 Å². The fraction of sp³-hybridized carbons (Fsp3) is 0.179. The SMILES string of the molecule is COC(=O)c1ccc(C2C(C(=O)c3cc4cccc(OC)c4o3)=C(O)C(=O)N2c2nc(C)c(C(=O)OC)s2)cc1. The summed E-state index contributed by atoms with van der Waals surface area (Å²) in [5.74, 6) is -3.38. The number of anilines is 1. The summed E-state index contributed by atoms with van der Waals surface area (Å²) in [6, 6.07) is 11.5. The first-order valence-corrected chi connectivity index (χ1v) is 12.6. The molecule has 0 aliphatic carbocycles. The van der Waals surface area contributed by atoms with Crippen LogP contribution in [0.2, 0.25) is 0 Å². The van der Waals surface area contributed by atoms with Crippen molar-refractivity contribution >= 4 is 51.1 Å². The number of aliphatic hydroxyl groups excluding tert-OH is 1. The van der Waals surface area contributed by atoms with Crippen LogP contribution in [0.25, 0.3) is 11.0 Å². The molecule has 0 bridgehead atoms. The van der Waals surface area contributed by atoms with Crippen molar-refractivity contribution < 1.29 is 42.9 Å². The van der Waals surface area contributed by atoms with E-state index in [1.54, 1.807) is 25.1 Å². The number of ether oxygens (including phenoxy) is 3. The number of ketones is 1. The molecule has 3 heterocycles. The average Bonchev–Trinajstić information content (AvgIpc) is 3.65. The molecule has 0 spiro atoms. The Labute approximate surface area is 231 Å². The maximum Gasteiger partial charge on any atom is 0.350 e. The molecule has 2 aromatic heterocycles. The molecule has 1 aliphatic heterocycles. The summed E-state index contributed by atoms with van der Waals surface area (Å²) in [6.07, 6.45) is 0. The van der Waals surface area contributed by atoms with Crippen LogP contribution in [0.15, 0.2) is 64.3 Å². The van der Waals surface area contributed by atoms with E-state index in [-0.39, 0.29) is 26.9 Å². The van der Waals surface area contributed by atoms with Crippen molar-refractivity contribution in [1.82, 2.24) is 4.98 Å². The van der Waals surface area contributed by atoms with Crippen LogP contribution in [0.3, 0.4) is 0 Å². The number of benzene rings is 2. The number of nitrogens with zero attached hydrogens (tertiary/aromatic N) is 2. The van der Waals surface area contributed by atoms with E-state index in [2.05, 4.69) is 4.98 Å². The zero-order valence-electron chi connectivity index (χ0n) is 21.7. The molecule has 1 atom stereocenters. The first-order chi connectivity index (χ1) is 19.2. The van der Waals surface area contributed by atoms with Gasteiger partial charge in [0.05, 0.1) is 44.2 Å². The summed E-state index contributed by atoms with van der Waals surface area (Å²) in [6.45, 7) is 1.58. The van der Waals surface area contributed by atoms with E-state index in [4.69, 9.17) is 18.6 Å². The number of para-hydroxylation sites is 1. The molecule has 2 aromatic carbocycles. The van der Waals surface area contributed by atoms with Crippen molar-refractivity contribution in [3.63, 3.8) is 0 Å². The molecule has 1 unspecified atom stereocenters. The van der Waals surface area contributed by atoms with Gasteiger partial charge in [0.15, 0.2) is 28.0 Å². The summed E-state index contributed by atoms with van der Waals surface area (Å²) in [7, 11) is 3.94. The summed E-state index contributed by atoms with van der Waals surface area (Å²) in [4.78, 5) is 57.3. The van der Waals surface area contributed by atoms with Gasteiger partial charge in [0.1, 0.15) is 4.88 Å². The quantitative estimate of drug-likeness (QED) is 0.251. The topological polar surface area (TPSA) is 145 Å². The van der Waals surface area contributed by atoms with E-state index in [1.165, 1.54) is 51.7 Å². The number of rotatable bonds is 7. The molecule has 1 N–H and O–H groups in total. The molecule has 11 nitrogen and oxygen atoms in total. The van der Waals surface area contributed by atoms with Crippen LogP contribution in [0.4, 0.5) is 5.13 Å². The number of hydrogen-bond acceptors (Lipinski definition) is 11. The summed E-state index contributed by atoms with van der Waals surface area (Å²) in [5.41, 5.74) is 0.997. The lowest BCUT2D eigenvalue weighted by atomic mass is 9.94. The van der Waals surface area contributed by atoms with Crippen molar-refractivity contribution in [3.05, 3.63) is 87.3 Å². The zero-order valence-corrected chi connectivity index (χ0v) is 22.5. The molecule has 1 aliphatic rings.